The number of anilines is 1. The van der Waals surface area contributed by atoms with Crippen molar-refractivity contribution in [1.82, 2.24) is 4.90 Å². The Morgan fingerprint density at radius 2 is 1.90 bits per heavy atom. The van der Waals surface area contributed by atoms with Gasteiger partial charge in [-0.3, -0.25) is 29.4 Å². The van der Waals surface area contributed by atoms with Crippen LogP contribution in [0.1, 0.15) is 11.1 Å². The summed E-state index contributed by atoms with van der Waals surface area (Å²) in [6.07, 6.45) is 1.25. The highest BCUT2D eigenvalue weighted by atomic mass is 35.5. The van der Waals surface area contributed by atoms with Crippen LogP contribution in [0.3, 0.4) is 0 Å². The number of imide groups is 1. The topological polar surface area (TPSA) is 110 Å². The maximum atomic E-state index is 12.6. The lowest BCUT2D eigenvalue weighted by atomic mass is 10.2. The molecule has 0 radical (unpaired) electrons. The van der Waals surface area contributed by atoms with Crippen molar-refractivity contribution in [2.24, 2.45) is 0 Å². The zero-order valence-electron chi connectivity index (χ0n) is 15.6. The van der Waals surface area contributed by atoms with E-state index in [9.17, 15) is 24.5 Å². The molecule has 1 heterocycles. The van der Waals surface area contributed by atoms with E-state index in [1.807, 2.05) is 0 Å². The number of carbonyl (C=O) groups excluding carboxylic acids is 3. The molecule has 160 valence electrons. The third-order valence-corrected chi connectivity index (χ3v) is 5.97. The van der Waals surface area contributed by atoms with Crippen molar-refractivity contribution in [3.05, 3.63) is 71.5 Å². The van der Waals surface area contributed by atoms with Crippen LogP contribution in [0.4, 0.5) is 16.2 Å². The molecule has 0 bridgehead atoms. The molecular formula is C19H12Cl3N3O5S. The van der Waals surface area contributed by atoms with Gasteiger partial charge in [0.05, 0.1) is 9.83 Å². The second kappa shape index (κ2) is 9.27. The number of carbonyl (C=O) groups is 3. The molecule has 1 fully saturated rings. The summed E-state index contributed by atoms with van der Waals surface area (Å²) in [7, 11) is 0. The minimum Gasteiger partial charge on any atom is -0.324 e. The monoisotopic (exact) mass is 499 g/mol. The molecule has 0 spiro atoms. The lowest BCUT2D eigenvalue weighted by Gasteiger charge is -2.13. The van der Waals surface area contributed by atoms with Crippen LogP contribution in [0.15, 0.2) is 35.2 Å². The molecule has 2 aromatic rings. The minimum atomic E-state index is -0.721. The summed E-state index contributed by atoms with van der Waals surface area (Å²) in [5.41, 5.74) is 0.959. The van der Waals surface area contributed by atoms with Gasteiger partial charge in [-0.05, 0) is 48.5 Å². The smallest absolute Gasteiger partial charge is 0.294 e. The fraction of sp³-hybridized carbons (Fsp3) is 0.105. The van der Waals surface area contributed by atoms with Crippen molar-refractivity contribution in [3.8, 4) is 0 Å². The number of rotatable bonds is 5. The molecule has 31 heavy (non-hydrogen) atoms. The first-order chi connectivity index (χ1) is 14.6. The third-order valence-electron chi connectivity index (χ3n) is 4.20. The lowest BCUT2D eigenvalue weighted by molar-refractivity contribution is -0.384. The second-order valence-corrected chi connectivity index (χ2v) is 8.60. The SMILES string of the molecule is Cc1ccc(Cl)cc1NC(=O)CN1C(=O)S/C(=C\c2cc([N+](=O)[O-])c(Cl)cc2Cl)C1=O. The number of halogens is 3. The molecule has 0 unspecified atom stereocenters. The summed E-state index contributed by atoms with van der Waals surface area (Å²) in [5, 5.41) is 13.4. The van der Waals surface area contributed by atoms with Gasteiger partial charge < -0.3 is 5.32 Å². The molecule has 3 rings (SSSR count). The van der Waals surface area contributed by atoms with Crippen LogP contribution in [0.5, 0.6) is 0 Å². The van der Waals surface area contributed by atoms with Crippen LogP contribution in [0.2, 0.25) is 15.1 Å². The normalized spacial score (nSPS) is 15.0. The van der Waals surface area contributed by atoms with Gasteiger partial charge in [0, 0.05) is 27.4 Å². The number of benzene rings is 2. The first-order valence-corrected chi connectivity index (χ1v) is 10.5. The molecule has 0 saturated carbocycles. The van der Waals surface area contributed by atoms with E-state index in [-0.39, 0.29) is 20.5 Å². The predicted molar refractivity (Wildman–Crippen MR) is 121 cm³/mol. The Balaban J connectivity index is 1.79. The van der Waals surface area contributed by atoms with Crippen molar-refractivity contribution in [2.45, 2.75) is 6.92 Å². The van der Waals surface area contributed by atoms with E-state index in [1.54, 1.807) is 25.1 Å². The first kappa shape index (κ1) is 23.1. The van der Waals surface area contributed by atoms with E-state index in [0.29, 0.717) is 22.5 Å². The Kier molecular flexibility index (Phi) is 6.90. The number of nitro groups is 1. The highest BCUT2D eigenvalue weighted by Gasteiger charge is 2.36. The van der Waals surface area contributed by atoms with Gasteiger partial charge in [-0.2, -0.15) is 0 Å². The summed E-state index contributed by atoms with van der Waals surface area (Å²) in [6, 6.07) is 7.22. The summed E-state index contributed by atoms with van der Waals surface area (Å²) >= 11 is 18.4. The van der Waals surface area contributed by atoms with Crippen LogP contribution in [-0.2, 0) is 9.59 Å². The van der Waals surface area contributed by atoms with Gasteiger partial charge in [-0.15, -0.1) is 0 Å². The van der Waals surface area contributed by atoms with Crippen LogP contribution < -0.4 is 5.32 Å². The third kappa shape index (κ3) is 5.19. The largest absolute Gasteiger partial charge is 0.324 e. The molecule has 0 aromatic heterocycles. The Bertz CT molecular complexity index is 1170. The summed E-state index contributed by atoms with van der Waals surface area (Å²) in [4.78, 5) is 48.4. The van der Waals surface area contributed by atoms with E-state index >= 15 is 0 Å². The molecule has 0 atom stereocenters. The zero-order chi connectivity index (χ0) is 22.9. The lowest BCUT2D eigenvalue weighted by Crippen LogP contribution is -2.36. The number of nitro benzene ring substituents is 1. The van der Waals surface area contributed by atoms with Crippen molar-refractivity contribution >= 4 is 81.1 Å². The highest BCUT2D eigenvalue weighted by molar-refractivity contribution is 8.18. The minimum absolute atomic E-state index is 0.0322. The number of amides is 3. The van der Waals surface area contributed by atoms with Gasteiger partial charge in [0.1, 0.15) is 11.6 Å². The van der Waals surface area contributed by atoms with Gasteiger partial charge in [0.15, 0.2) is 0 Å². The van der Waals surface area contributed by atoms with E-state index in [1.165, 1.54) is 12.1 Å². The van der Waals surface area contributed by atoms with Crippen molar-refractivity contribution in [1.29, 1.82) is 0 Å². The first-order valence-electron chi connectivity index (χ1n) is 8.51. The Morgan fingerprint density at radius 3 is 2.58 bits per heavy atom. The Morgan fingerprint density at radius 1 is 1.19 bits per heavy atom. The summed E-state index contributed by atoms with van der Waals surface area (Å²) in [5.74, 6) is -1.31. The number of nitrogens with one attached hydrogen (secondary N) is 1. The Hall–Kier alpha value is -2.59. The molecular weight excluding hydrogens is 489 g/mol. The van der Waals surface area contributed by atoms with Gasteiger partial charge in [0.2, 0.25) is 5.91 Å². The number of hydrogen-bond donors (Lipinski definition) is 1. The molecule has 12 heteroatoms. The van der Waals surface area contributed by atoms with Gasteiger partial charge in [0.25, 0.3) is 16.8 Å². The number of thioether (sulfide) groups is 1. The van der Waals surface area contributed by atoms with Crippen LogP contribution in [0.25, 0.3) is 6.08 Å². The average molecular weight is 501 g/mol. The maximum absolute atomic E-state index is 12.6. The summed E-state index contributed by atoms with van der Waals surface area (Å²) < 4.78 is 0. The van der Waals surface area contributed by atoms with Crippen LogP contribution in [0, 0.1) is 17.0 Å². The van der Waals surface area contributed by atoms with Gasteiger partial charge >= 0.3 is 0 Å². The number of hydrogen-bond acceptors (Lipinski definition) is 6. The number of nitrogens with zero attached hydrogens (tertiary/aromatic N) is 2. The van der Waals surface area contributed by atoms with Crippen molar-refractivity contribution in [3.63, 3.8) is 0 Å². The van der Waals surface area contributed by atoms with E-state index in [2.05, 4.69) is 5.32 Å². The number of aryl methyl sites for hydroxylation is 1. The quantitative estimate of drug-likeness (QED) is 0.328. The molecule has 1 aliphatic rings. The molecule has 2 aromatic carbocycles. The van der Waals surface area contributed by atoms with Crippen molar-refractivity contribution < 1.29 is 19.3 Å². The molecule has 1 aliphatic heterocycles. The molecule has 8 nitrogen and oxygen atoms in total. The van der Waals surface area contributed by atoms with E-state index < -0.39 is 34.2 Å². The second-order valence-electron chi connectivity index (χ2n) is 6.36. The average Bonchev–Trinajstić information content (AvgIpc) is 2.94. The summed E-state index contributed by atoms with van der Waals surface area (Å²) in [6.45, 7) is 1.26. The van der Waals surface area contributed by atoms with Crippen molar-refractivity contribution in [2.75, 3.05) is 11.9 Å². The Labute approximate surface area is 195 Å². The highest BCUT2D eigenvalue weighted by Crippen LogP contribution is 2.36. The van der Waals surface area contributed by atoms with Crippen LogP contribution >= 0.6 is 46.6 Å². The fourth-order valence-electron chi connectivity index (χ4n) is 2.64. The van der Waals surface area contributed by atoms with Crippen LogP contribution in [-0.4, -0.2) is 33.4 Å². The maximum Gasteiger partial charge on any atom is 0.294 e. The molecule has 0 aliphatic carbocycles. The van der Waals surface area contributed by atoms with E-state index in [4.69, 9.17) is 34.8 Å². The van der Waals surface area contributed by atoms with Gasteiger partial charge in [-0.1, -0.05) is 40.9 Å². The molecule has 3 amide bonds. The van der Waals surface area contributed by atoms with E-state index in [0.717, 1.165) is 16.5 Å². The molecule has 1 N–H and O–H groups in total. The van der Waals surface area contributed by atoms with Gasteiger partial charge in [-0.25, -0.2) is 0 Å². The zero-order valence-corrected chi connectivity index (χ0v) is 18.7. The predicted octanol–water partition coefficient (Wildman–Crippen LogP) is 5.54. The molecule has 1 saturated heterocycles. The fourth-order valence-corrected chi connectivity index (χ4v) is 4.15. The standard InChI is InChI=1S/C19H12Cl3N3O5S/c1-9-2-3-11(20)6-14(9)23-17(26)8-24-18(27)16(31-19(24)28)5-10-4-15(25(29)30)13(22)7-12(10)21/h2-7H,8H2,1H3,(H,23,26)/b16-5-.